The van der Waals surface area contributed by atoms with Crippen LogP contribution in [-0.2, 0) is 20.0 Å². The Morgan fingerprint density at radius 1 is 1.37 bits per heavy atom. The quantitative estimate of drug-likeness (QED) is 0.900. The molecule has 1 aromatic heterocycles. The van der Waals surface area contributed by atoms with E-state index in [1.807, 2.05) is 11.7 Å². The number of rotatable bonds is 5. The highest BCUT2D eigenvalue weighted by molar-refractivity contribution is 6.31. The fourth-order valence-electron chi connectivity index (χ4n) is 2.77. The predicted octanol–water partition coefficient (Wildman–Crippen LogP) is 2.21. The van der Waals surface area contributed by atoms with Crippen LogP contribution < -0.4 is 5.32 Å². The van der Waals surface area contributed by atoms with Crippen LogP contribution in [0.4, 0.5) is 0 Å². The molecule has 1 aromatic rings. The Balaban J connectivity index is 1.87. The molecular formula is C14H25ClN4. The van der Waals surface area contributed by atoms with Crippen LogP contribution in [0.3, 0.4) is 0 Å². The van der Waals surface area contributed by atoms with Crippen LogP contribution in [-0.4, -0.2) is 40.9 Å². The first-order chi connectivity index (χ1) is 9.13. The Hall–Kier alpha value is -0.580. The van der Waals surface area contributed by atoms with Crippen LogP contribution >= 0.6 is 11.6 Å². The van der Waals surface area contributed by atoms with Gasteiger partial charge >= 0.3 is 0 Å². The van der Waals surface area contributed by atoms with Crippen molar-refractivity contribution in [3.63, 3.8) is 0 Å². The van der Waals surface area contributed by atoms with Gasteiger partial charge in [-0.3, -0.25) is 4.68 Å². The Morgan fingerprint density at radius 2 is 2.16 bits per heavy atom. The van der Waals surface area contributed by atoms with Gasteiger partial charge in [-0.15, -0.1) is 0 Å². The van der Waals surface area contributed by atoms with Gasteiger partial charge in [0.25, 0.3) is 0 Å². The molecule has 4 nitrogen and oxygen atoms in total. The zero-order chi connectivity index (χ0) is 13.8. The first-order valence-electron chi connectivity index (χ1n) is 7.24. The average Bonchev–Trinajstić information content (AvgIpc) is 2.68. The molecule has 0 radical (unpaired) electrons. The number of hydrogen-bond acceptors (Lipinski definition) is 3. The van der Waals surface area contributed by atoms with Gasteiger partial charge in [0.2, 0.25) is 0 Å². The number of aryl methyl sites for hydroxylation is 2. The highest BCUT2D eigenvalue weighted by atomic mass is 35.5. The number of nitrogens with one attached hydrogen (secondary N) is 1. The normalized spacial score (nSPS) is 20.9. The lowest BCUT2D eigenvalue weighted by Gasteiger charge is -2.32. The third-order valence-corrected chi connectivity index (χ3v) is 4.53. The molecule has 1 aliphatic rings. The summed E-state index contributed by atoms with van der Waals surface area (Å²) in [7, 11) is 4.19. The largest absolute Gasteiger partial charge is 0.310 e. The van der Waals surface area contributed by atoms with E-state index in [1.165, 1.54) is 25.8 Å². The van der Waals surface area contributed by atoms with Crippen LogP contribution in [0.25, 0.3) is 0 Å². The van der Waals surface area contributed by atoms with Crippen LogP contribution in [0.2, 0.25) is 5.02 Å². The SMILES string of the molecule is CCc1nn(C)c(CNCC2CCCCN2C)c1Cl. The molecule has 1 saturated heterocycles. The molecule has 5 heteroatoms. The number of likely N-dealkylation sites (tertiary alicyclic amines) is 1. The smallest absolute Gasteiger partial charge is 0.0863 e. The number of likely N-dealkylation sites (N-methyl/N-ethyl adjacent to an activating group) is 1. The van der Waals surface area contributed by atoms with Gasteiger partial charge in [0.1, 0.15) is 0 Å². The molecule has 2 heterocycles. The van der Waals surface area contributed by atoms with E-state index in [0.717, 1.165) is 35.9 Å². The van der Waals surface area contributed by atoms with Gasteiger partial charge in [0.05, 0.1) is 16.4 Å². The zero-order valence-electron chi connectivity index (χ0n) is 12.2. The minimum atomic E-state index is 0.659. The van der Waals surface area contributed by atoms with Gasteiger partial charge in [-0.25, -0.2) is 0 Å². The number of nitrogens with zero attached hydrogens (tertiary/aromatic N) is 3. The Morgan fingerprint density at radius 3 is 2.79 bits per heavy atom. The summed E-state index contributed by atoms with van der Waals surface area (Å²) in [5, 5.41) is 8.81. The zero-order valence-corrected chi connectivity index (χ0v) is 13.0. The highest BCUT2D eigenvalue weighted by Crippen LogP contribution is 2.20. The summed E-state index contributed by atoms with van der Waals surface area (Å²) < 4.78 is 1.90. The molecule has 1 fully saturated rings. The van der Waals surface area contributed by atoms with Crippen molar-refractivity contribution in [1.29, 1.82) is 0 Å². The molecule has 1 unspecified atom stereocenters. The third-order valence-electron chi connectivity index (χ3n) is 4.10. The van der Waals surface area contributed by atoms with Crippen molar-refractivity contribution in [3.05, 3.63) is 16.4 Å². The second-order valence-electron chi connectivity index (χ2n) is 5.45. The number of hydrogen-bond donors (Lipinski definition) is 1. The van der Waals surface area contributed by atoms with E-state index in [-0.39, 0.29) is 0 Å². The molecule has 0 saturated carbocycles. The first-order valence-corrected chi connectivity index (χ1v) is 7.62. The molecule has 0 amide bonds. The summed E-state index contributed by atoms with van der Waals surface area (Å²) in [6.45, 7) is 5.13. The highest BCUT2D eigenvalue weighted by Gasteiger charge is 2.19. The van der Waals surface area contributed by atoms with E-state index < -0.39 is 0 Å². The molecule has 0 bridgehead atoms. The maximum Gasteiger partial charge on any atom is 0.0863 e. The van der Waals surface area contributed by atoms with Crippen molar-refractivity contribution in [3.8, 4) is 0 Å². The predicted molar refractivity (Wildman–Crippen MR) is 79.6 cm³/mol. The van der Waals surface area contributed by atoms with Gasteiger partial charge in [-0.2, -0.15) is 5.10 Å². The Bertz CT molecular complexity index is 416. The lowest BCUT2D eigenvalue weighted by molar-refractivity contribution is 0.181. The summed E-state index contributed by atoms with van der Waals surface area (Å²) in [6, 6.07) is 0.659. The molecule has 1 atom stereocenters. The topological polar surface area (TPSA) is 33.1 Å². The molecule has 0 aromatic carbocycles. The maximum atomic E-state index is 6.35. The Labute approximate surface area is 121 Å². The van der Waals surface area contributed by atoms with Crippen molar-refractivity contribution in [2.24, 2.45) is 7.05 Å². The van der Waals surface area contributed by atoms with Crippen LogP contribution in [0.1, 0.15) is 37.6 Å². The summed E-state index contributed by atoms with van der Waals surface area (Å²) in [4.78, 5) is 2.46. The van der Waals surface area contributed by atoms with E-state index in [2.05, 4.69) is 29.3 Å². The summed E-state index contributed by atoms with van der Waals surface area (Å²) in [6.07, 6.45) is 4.87. The van der Waals surface area contributed by atoms with Crippen molar-refractivity contribution in [2.45, 2.75) is 45.2 Å². The van der Waals surface area contributed by atoms with Crippen molar-refractivity contribution in [1.82, 2.24) is 20.0 Å². The number of piperidine rings is 1. The van der Waals surface area contributed by atoms with Crippen molar-refractivity contribution in [2.75, 3.05) is 20.1 Å². The minimum absolute atomic E-state index is 0.659. The van der Waals surface area contributed by atoms with Gasteiger partial charge < -0.3 is 10.2 Å². The molecular weight excluding hydrogens is 260 g/mol. The van der Waals surface area contributed by atoms with Crippen molar-refractivity contribution < 1.29 is 0 Å². The molecule has 19 heavy (non-hydrogen) atoms. The van der Waals surface area contributed by atoms with Crippen LogP contribution in [0, 0.1) is 0 Å². The molecule has 108 valence electrons. The third kappa shape index (κ3) is 3.50. The van der Waals surface area contributed by atoms with Gasteiger partial charge in [0.15, 0.2) is 0 Å². The monoisotopic (exact) mass is 284 g/mol. The lowest BCUT2D eigenvalue weighted by Crippen LogP contribution is -2.43. The fourth-order valence-corrected chi connectivity index (χ4v) is 3.13. The summed E-state index contributed by atoms with van der Waals surface area (Å²) in [5.74, 6) is 0. The number of halogens is 1. The fraction of sp³-hybridized carbons (Fsp3) is 0.786. The van der Waals surface area contributed by atoms with Crippen LogP contribution in [0.5, 0.6) is 0 Å². The van der Waals surface area contributed by atoms with E-state index in [9.17, 15) is 0 Å². The van der Waals surface area contributed by atoms with Gasteiger partial charge in [-0.05, 0) is 32.9 Å². The van der Waals surface area contributed by atoms with E-state index in [0.29, 0.717) is 6.04 Å². The van der Waals surface area contributed by atoms with Gasteiger partial charge in [-0.1, -0.05) is 24.9 Å². The molecule has 2 rings (SSSR count). The van der Waals surface area contributed by atoms with E-state index in [4.69, 9.17) is 11.6 Å². The van der Waals surface area contributed by atoms with Gasteiger partial charge in [0, 0.05) is 26.2 Å². The van der Waals surface area contributed by atoms with Crippen LogP contribution in [0.15, 0.2) is 0 Å². The lowest BCUT2D eigenvalue weighted by atomic mass is 10.0. The number of aromatic nitrogens is 2. The minimum Gasteiger partial charge on any atom is -0.310 e. The molecule has 0 spiro atoms. The molecule has 0 aliphatic carbocycles. The van der Waals surface area contributed by atoms with Crippen molar-refractivity contribution >= 4 is 11.6 Å². The second kappa shape index (κ2) is 6.73. The first kappa shape index (κ1) is 14.8. The average molecular weight is 285 g/mol. The summed E-state index contributed by atoms with van der Waals surface area (Å²) in [5.41, 5.74) is 2.09. The standard InChI is InChI=1S/C14H25ClN4/c1-4-12-14(15)13(19(3)17-12)10-16-9-11-7-5-6-8-18(11)2/h11,16H,4-10H2,1-3H3. The van der Waals surface area contributed by atoms with E-state index >= 15 is 0 Å². The summed E-state index contributed by atoms with van der Waals surface area (Å²) >= 11 is 6.35. The molecule has 1 aliphatic heterocycles. The molecule has 1 N–H and O–H groups in total. The second-order valence-corrected chi connectivity index (χ2v) is 5.82. The maximum absolute atomic E-state index is 6.35. The van der Waals surface area contributed by atoms with E-state index in [1.54, 1.807) is 0 Å². The Kier molecular flexibility index (Phi) is 5.25.